The smallest absolute Gasteiger partial charge is 0.345 e. The summed E-state index contributed by atoms with van der Waals surface area (Å²) >= 11 is 0. The van der Waals surface area contributed by atoms with E-state index in [1.807, 2.05) is 29.8 Å². The third-order valence-electron chi connectivity index (χ3n) is 6.11. The zero-order chi connectivity index (χ0) is 20.7. The molecule has 1 saturated heterocycles. The number of likely N-dealkylation sites (tertiary alicyclic amines) is 1. The predicted molar refractivity (Wildman–Crippen MR) is 118 cm³/mol. The topological polar surface area (TPSA) is 63.6 Å². The molecule has 6 nitrogen and oxygen atoms in total. The maximum atomic E-state index is 12.7. The fourth-order valence-corrected chi connectivity index (χ4v) is 4.50. The minimum Gasteiger partial charge on any atom is -0.422 e. The summed E-state index contributed by atoms with van der Waals surface area (Å²) in [7, 11) is 0. The standard InChI is InChI=1S/C24H26N4O2/c1-3-8-27-9-6-17(7-10-27)18-4-5-19-11-20(24(29)30-22(19)12-18)21-15-28-14-16(2)25-13-23(28)26-21/h4-5,11-15,17H,3,6-10H2,1-2H3. The van der Waals surface area contributed by atoms with E-state index < -0.39 is 0 Å². The van der Waals surface area contributed by atoms with Gasteiger partial charge in [-0.2, -0.15) is 0 Å². The number of aromatic nitrogens is 3. The van der Waals surface area contributed by atoms with Crippen molar-refractivity contribution in [2.45, 2.75) is 39.0 Å². The lowest BCUT2D eigenvalue weighted by Crippen LogP contribution is -2.33. The molecule has 1 aliphatic rings. The molecule has 0 bridgehead atoms. The highest BCUT2D eigenvalue weighted by molar-refractivity contribution is 5.82. The van der Waals surface area contributed by atoms with Crippen molar-refractivity contribution < 1.29 is 4.42 Å². The summed E-state index contributed by atoms with van der Waals surface area (Å²) < 4.78 is 7.61. The first-order valence-corrected chi connectivity index (χ1v) is 10.7. The summed E-state index contributed by atoms with van der Waals surface area (Å²) in [5, 5.41) is 0.920. The average molecular weight is 402 g/mol. The molecule has 5 rings (SSSR count). The monoisotopic (exact) mass is 402 g/mol. The van der Waals surface area contributed by atoms with Crippen molar-refractivity contribution >= 4 is 16.6 Å². The highest BCUT2D eigenvalue weighted by Gasteiger charge is 2.21. The number of hydrogen-bond acceptors (Lipinski definition) is 5. The molecule has 0 amide bonds. The molecule has 0 atom stereocenters. The molecule has 0 radical (unpaired) electrons. The number of aryl methyl sites for hydroxylation is 1. The Hall–Kier alpha value is -2.99. The fourth-order valence-electron chi connectivity index (χ4n) is 4.50. The second kappa shape index (κ2) is 7.69. The number of rotatable bonds is 4. The summed E-state index contributed by atoms with van der Waals surface area (Å²) in [6.07, 6.45) is 8.97. The zero-order valence-corrected chi connectivity index (χ0v) is 17.5. The van der Waals surface area contributed by atoms with E-state index in [1.54, 1.807) is 6.20 Å². The quantitative estimate of drug-likeness (QED) is 0.474. The van der Waals surface area contributed by atoms with Gasteiger partial charge in [-0.05, 0) is 69.4 Å². The minimum atomic E-state index is -0.356. The summed E-state index contributed by atoms with van der Waals surface area (Å²) in [5.74, 6) is 0.529. The van der Waals surface area contributed by atoms with Gasteiger partial charge in [-0.3, -0.25) is 4.98 Å². The number of piperidine rings is 1. The van der Waals surface area contributed by atoms with Gasteiger partial charge in [-0.1, -0.05) is 19.1 Å². The van der Waals surface area contributed by atoms with Crippen molar-refractivity contribution in [1.82, 2.24) is 19.3 Å². The molecule has 0 spiro atoms. The van der Waals surface area contributed by atoms with Crippen LogP contribution in [0.15, 0.2) is 52.1 Å². The molecule has 0 aliphatic carbocycles. The van der Waals surface area contributed by atoms with Gasteiger partial charge in [0, 0.05) is 17.8 Å². The van der Waals surface area contributed by atoms with Gasteiger partial charge >= 0.3 is 5.63 Å². The summed E-state index contributed by atoms with van der Waals surface area (Å²) in [4.78, 5) is 24.1. The number of nitrogens with zero attached hydrogens (tertiary/aromatic N) is 4. The van der Waals surface area contributed by atoms with Crippen molar-refractivity contribution in [1.29, 1.82) is 0 Å². The molecule has 30 heavy (non-hydrogen) atoms. The number of imidazole rings is 1. The Morgan fingerprint density at radius 2 is 2.00 bits per heavy atom. The van der Waals surface area contributed by atoms with Gasteiger partial charge in [0.2, 0.25) is 0 Å². The van der Waals surface area contributed by atoms with Crippen LogP contribution < -0.4 is 5.63 Å². The molecule has 154 valence electrons. The van der Waals surface area contributed by atoms with Gasteiger partial charge in [-0.15, -0.1) is 0 Å². The van der Waals surface area contributed by atoms with Crippen molar-refractivity contribution in [3.05, 3.63) is 64.5 Å². The molecular formula is C24H26N4O2. The van der Waals surface area contributed by atoms with Crippen LogP contribution in [0.4, 0.5) is 0 Å². The van der Waals surface area contributed by atoms with Crippen LogP contribution in [-0.4, -0.2) is 38.9 Å². The van der Waals surface area contributed by atoms with E-state index in [0.29, 0.717) is 28.4 Å². The third-order valence-corrected chi connectivity index (χ3v) is 6.11. The van der Waals surface area contributed by atoms with E-state index >= 15 is 0 Å². The molecule has 4 heterocycles. The normalized spacial score (nSPS) is 15.9. The van der Waals surface area contributed by atoms with Gasteiger partial charge in [0.15, 0.2) is 5.65 Å². The number of hydrogen-bond donors (Lipinski definition) is 0. The van der Waals surface area contributed by atoms with Crippen LogP contribution in [0.5, 0.6) is 0 Å². The van der Waals surface area contributed by atoms with Gasteiger partial charge in [0.25, 0.3) is 0 Å². The SMILES string of the molecule is CCCN1CCC(c2ccc3cc(-c4cn5cc(C)ncc5n4)c(=O)oc3c2)CC1. The summed E-state index contributed by atoms with van der Waals surface area (Å²) in [6.45, 7) is 7.62. The Labute approximate surface area is 175 Å². The van der Waals surface area contributed by atoms with Crippen LogP contribution >= 0.6 is 0 Å². The Bertz CT molecular complexity index is 1270. The van der Waals surface area contributed by atoms with Crippen LogP contribution in [0.3, 0.4) is 0 Å². The first-order valence-electron chi connectivity index (χ1n) is 10.7. The molecule has 3 aromatic heterocycles. The van der Waals surface area contributed by atoms with E-state index in [-0.39, 0.29) is 5.63 Å². The van der Waals surface area contributed by atoms with Crippen LogP contribution in [0.2, 0.25) is 0 Å². The molecular weight excluding hydrogens is 376 g/mol. The van der Waals surface area contributed by atoms with Crippen LogP contribution in [0.1, 0.15) is 43.4 Å². The Morgan fingerprint density at radius 1 is 1.17 bits per heavy atom. The maximum absolute atomic E-state index is 12.7. The van der Waals surface area contributed by atoms with Gasteiger partial charge in [0.05, 0.1) is 23.1 Å². The first-order chi connectivity index (χ1) is 14.6. The Morgan fingerprint density at radius 3 is 2.80 bits per heavy atom. The molecule has 0 saturated carbocycles. The maximum Gasteiger partial charge on any atom is 0.345 e. The van der Waals surface area contributed by atoms with E-state index in [1.165, 1.54) is 18.5 Å². The molecule has 1 fully saturated rings. The first kappa shape index (κ1) is 19.0. The predicted octanol–water partition coefficient (Wildman–Crippen LogP) is 4.40. The molecule has 0 N–H and O–H groups in total. The average Bonchev–Trinajstić information content (AvgIpc) is 3.16. The van der Waals surface area contributed by atoms with Crippen molar-refractivity contribution in [3.63, 3.8) is 0 Å². The van der Waals surface area contributed by atoms with E-state index in [9.17, 15) is 4.79 Å². The molecule has 1 aliphatic heterocycles. The van der Waals surface area contributed by atoms with Crippen molar-refractivity contribution in [3.8, 4) is 11.3 Å². The lowest BCUT2D eigenvalue weighted by atomic mass is 9.89. The van der Waals surface area contributed by atoms with Crippen molar-refractivity contribution in [2.75, 3.05) is 19.6 Å². The van der Waals surface area contributed by atoms with E-state index in [2.05, 4.69) is 40.0 Å². The molecule has 0 unspecified atom stereocenters. The Kier molecular flexibility index (Phi) is 4.87. The lowest BCUT2D eigenvalue weighted by Gasteiger charge is -2.31. The minimum absolute atomic E-state index is 0.356. The highest BCUT2D eigenvalue weighted by atomic mass is 16.4. The van der Waals surface area contributed by atoms with Crippen molar-refractivity contribution in [2.24, 2.45) is 0 Å². The molecule has 1 aromatic carbocycles. The lowest BCUT2D eigenvalue weighted by molar-refractivity contribution is 0.213. The fraction of sp³-hybridized carbons (Fsp3) is 0.375. The van der Waals surface area contributed by atoms with E-state index in [0.717, 1.165) is 37.0 Å². The number of fused-ring (bicyclic) bond motifs is 2. The largest absolute Gasteiger partial charge is 0.422 e. The Balaban J connectivity index is 1.46. The summed E-state index contributed by atoms with van der Waals surface area (Å²) in [6, 6.07) is 8.19. The number of benzene rings is 1. The second-order valence-corrected chi connectivity index (χ2v) is 8.28. The zero-order valence-electron chi connectivity index (χ0n) is 17.5. The molecule has 6 heteroatoms. The molecule has 4 aromatic rings. The van der Waals surface area contributed by atoms with Crippen LogP contribution in [0, 0.1) is 6.92 Å². The highest BCUT2D eigenvalue weighted by Crippen LogP contribution is 2.31. The second-order valence-electron chi connectivity index (χ2n) is 8.28. The van der Waals surface area contributed by atoms with Gasteiger partial charge < -0.3 is 13.7 Å². The van der Waals surface area contributed by atoms with Crippen LogP contribution in [0.25, 0.3) is 27.9 Å². The van der Waals surface area contributed by atoms with Gasteiger partial charge in [-0.25, -0.2) is 9.78 Å². The van der Waals surface area contributed by atoms with E-state index in [4.69, 9.17) is 4.42 Å². The van der Waals surface area contributed by atoms with Crippen LogP contribution in [-0.2, 0) is 0 Å². The van der Waals surface area contributed by atoms with Gasteiger partial charge in [0.1, 0.15) is 5.58 Å². The third kappa shape index (κ3) is 3.52. The summed E-state index contributed by atoms with van der Waals surface area (Å²) in [5.41, 5.74) is 4.24.